The van der Waals surface area contributed by atoms with Crippen LogP contribution in [0.1, 0.15) is 26.0 Å². The Bertz CT molecular complexity index is 968. The van der Waals surface area contributed by atoms with Crippen molar-refractivity contribution < 1.29 is 4.84 Å². The van der Waals surface area contributed by atoms with Crippen molar-refractivity contribution in [1.29, 1.82) is 0 Å². The van der Waals surface area contributed by atoms with Crippen molar-refractivity contribution in [3.05, 3.63) is 48.5 Å². The van der Waals surface area contributed by atoms with Crippen molar-refractivity contribution >= 4 is 22.7 Å². The van der Waals surface area contributed by atoms with E-state index >= 15 is 0 Å². The highest BCUT2D eigenvalue weighted by Gasteiger charge is 2.23. The predicted molar refractivity (Wildman–Crippen MR) is 109 cm³/mol. The van der Waals surface area contributed by atoms with Gasteiger partial charge in [-0.2, -0.15) is 0 Å². The van der Waals surface area contributed by atoms with Crippen LogP contribution < -0.4 is 4.90 Å². The Morgan fingerprint density at radius 3 is 2.89 bits per heavy atom. The minimum Gasteiger partial charge on any atom is -0.393 e. The van der Waals surface area contributed by atoms with Gasteiger partial charge in [-0.3, -0.25) is 4.98 Å². The molecule has 1 aliphatic heterocycles. The summed E-state index contributed by atoms with van der Waals surface area (Å²) in [5.74, 6) is 0. The topological polar surface area (TPSA) is 63.5 Å². The fourth-order valence-corrected chi connectivity index (χ4v) is 3.77. The summed E-state index contributed by atoms with van der Waals surface area (Å²) in [4.78, 5) is 22.3. The van der Waals surface area contributed by atoms with Crippen LogP contribution in [-0.2, 0) is 4.84 Å². The van der Waals surface area contributed by atoms with Crippen molar-refractivity contribution in [1.82, 2.24) is 15.0 Å². The van der Waals surface area contributed by atoms with Gasteiger partial charge in [0.1, 0.15) is 22.5 Å². The highest BCUT2D eigenvalue weighted by atomic mass is 32.1. The molecule has 0 bridgehead atoms. The van der Waals surface area contributed by atoms with Gasteiger partial charge < -0.3 is 9.74 Å². The third-order valence-electron chi connectivity index (χ3n) is 4.28. The zero-order chi connectivity index (χ0) is 18.8. The number of rotatable bonds is 4. The Labute approximate surface area is 162 Å². The maximum Gasteiger partial charge on any atom is 0.125 e. The number of hydrogen-bond acceptors (Lipinski definition) is 7. The quantitative estimate of drug-likeness (QED) is 0.635. The molecule has 7 heteroatoms. The summed E-state index contributed by atoms with van der Waals surface area (Å²) in [5.41, 5.74) is 4.77. The van der Waals surface area contributed by atoms with Crippen LogP contribution >= 0.6 is 11.3 Å². The Morgan fingerprint density at radius 2 is 2.11 bits per heavy atom. The largest absolute Gasteiger partial charge is 0.393 e. The van der Waals surface area contributed by atoms with Gasteiger partial charge in [-0.25, -0.2) is 9.97 Å². The second-order valence-electron chi connectivity index (χ2n) is 6.70. The van der Waals surface area contributed by atoms with Crippen molar-refractivity contribution in [2.24, 2.45) is 5.16 Å². The zero-order valence-electron chi connectivity index (χ0n) is 15.6. The summed E-state index contributed by atoms with van der Waals surface area (Å²) < 4.78 is 0. The first-order chi connectivity index (χ1) is 13.1. The molecule has 0 N–H and O–H groups in total. The van der Waals surface area contributed by atoms with Crippen LogP contribution in [0.5, 0.6) is 0 Å². The lowest BCUT2D eigenvalue weighted by Crippen LogP contribution is -2.30. The molecule has 138 valence electrons. The highest BCUT2D eigenvalue weighted by Crippen LogP contribution is 2.33. The van der Waals surface area contributed by atoms with E-state index in [0.29, 0.717) is 0 Å². The van der Waals surface area contributed by atoms with E-state index in [9.17, 15) is 0 Å². The van der Waals surface area contributed by atoms with E-state index in [0.717, 1.165) is 51.2 Å². The van der Waals surface area contributed by atoms with Gasteiger partial charge in [0, 0.05) is 44.2 Å². The lowest BCUT2D eigenvalue weighted by molar-refractivity contribution is 0.0855. The Balaban J connectivity index is 1.71. The Kier molecular flexibility index (Phi) is 4.85. The standard InChI is InChI=1S/C20H21N5OS/c1-13(2)26-24-16-8-10-25(3)17-7-6-15(23-19(16)17)18-12-22-20(27-18)14-5-4-9-21-11-14/h4-7,9,11-13H,8,10H2,1-3H3/b24-16+. The van der Waals surface area contributed by atoms with Crippen molar-refractivity contribution in [2.45, 2.75) is 26.4 Å². The maximum atomic E-state index is 5.49. The summed E-state index contributed by atoms with van der Waals surface area (Å²) in [6.07, 6.45) is 6.32. The van der Waals surface area contributed by atoms with Gasteiger partial charge in [0.25, 0.3) is 0 Å². The molecule has 1 aliphatic rings. The lowest BCUT2D eigenvalue weighted by atomic mass is 10.1. The molecule has 0 unspecified atom stereocenters. The fourth-order valence-electron chi connectivity index (χ4n) is 2.90. The molecule has 4 rings (SSSR count). The molecule has 0 aliphatic carbocycles. The molecule has 27 heavy (non-hydrogen) atoms. The number of aromatic nitrogens is 3. The van der Waals surface area contributed by atoms with Gasteiger partial charge in [0.15, 0.2) is 0 Å². The summed E-state index contributed by atoms with van der Waals surface area (Å²) in [7, 11) is 2.08. The van der Waals surface area contributed by atoms with Gasteiger partial charge in [-0.05, 0) is 38.1 Å². The average Bonchev–Trinajstić information content (AvgIpc) is 3.18. The van der Waals surface area contributed by atoms with E-state index in [1.54, 1.807) is 17.5 Å². The number of anilines is 1. The molecular formula is C20H21N5OS. The fraction of sp³-hybridized carbons (Fsp3) is 0.300. The first-order valence-corrected chi connectivity index (χ1v) is 9.75. The van der Waals surface area contributed by atoms with Crippen LogP contribution in [0.2, 0.25) is 0 Å². The SMILES string of the molecule is CC(C)O/N=C1\CCN(C)c2ccc(-c3cnc(-c4cccnc4)s3)nc21. The molecule has 0 radical (unpaired) electrons. The van der Waals surface area contributed by atoms with E-state index in [-0.39, 0.29) is 6.10 Å². The molecule has 0 atom stereocenters. The van der Waals surface area contributed by atoms with E-state index in [2.05, 4.69) is 33.1 Å². The van der Waals surface area contributed by atoms with Crippen LogP contribution in [0.3, 0.4) is 0 Å². The van der Waals surface area contributed by atoms with E-state index in [1.165, 1.54) is 0 Å². The van der Waals surface area contributed by atoms with Gasteiger partial charge >= 0.3 is 0 Å². The molecule has 0 aromatic carbocycles. The van der Waals surface area contributed by atoms with Gasteiger partial charge in [0.2, 0.25) is 0 Å². The Morgan fingerprint density at radius 1 is 1.22 bits per heavy atom. The van der Waals surface area contributed by atoms with Gasteiger partial charge in [0.05, 0.1) is 16.3 Å². The van der Waals surface area contributed by atoms with E-state index in [1.807, 2.05) is 44.4 Å². The molecule has 0 saturated carbocycles. The predicted octanol–water partition coefficient (Wildman–Crippen LogP) is 4.24. The minimum atomic E-state index is 0.0484. The maximum absolute atomic E-state index is 5.49. The summed E-state index contributed by atoms with van der Waals surface area (Å²) in [5, 5.41) is 5.29. The molecular weight excluding hydrogens is 358 g/mol. The third-order valence-corrected chi connectivity index (χ3v) is 5.35. The van der Waals surface area contributed by atoms with Gasteiger partial charge in [-0.15, -0.1) is 11.3 Å². The number of oxime groups is 1. The second kappa shape index (κ2) is 7.44. The van der Waals surface area contributed by atoms with E-state index < -0.39 is 0 Å². The van der Waals surface area contributed by atoms with Crippen LogP contribution in [0.25, 0.3) is 21.1 Å². The van der Waals surface area contributed by atoms with Crippen molar-refractivity contribution in [3.8, 4) is 21.1 Å². The third kappa shape index (κ3) is 3.68. The molecule has 6 nitrogen and oxygen atoms in total. The number of hydrogen-bond donors (Lipinski definition) is 0. The smallest absolute Gasteiger partial charge is 0.125 e. The molecule has 0 spiro atoms. The van der Waals surface area contributed by atoms with E-state index in [4.69, 9.17) is 9.82 Å². The normalized spacial score (nSPS) is 15.3. The molecule has 0 fully saturated rings. The lowest BCUT2D eigenvalue weighted by Gasteiger charge is -2.27. The average molecular weight is 379 g/mol. The van der Waals surface area contributed by atoms with Crippen molar-refractivity contribution in [3.63, 3.8) is 0 Å². The summed E-state index contributed by atoms with van der Waals surface area (Å²) >= 11 is 1.61. The minimum absolute atomic E-state index is 0.0484. The van der Waals surface area contributed by atoms with Crippen LogP contribution in [-0.4, -0.2) is 40.4 Å². The summed E-state index contributed by atoms with van der Waals surface area (Å²) in [6.45, 7) is 4.85. The van der Waals surface area contributed by atoms with Gasteiger partial charge in [-0.1, -0.05) is 5.16 Å². The monoisotopic (exact) mass is 379 g/mol. The molecule has 0 amide bonds. The first kappa shape index (κ1) is 17.6. The number of thiazole rings is 1. The van der Waals surface area contributed by atoms with Crippen LogP contribution in [0, 0.1) is 0 Å². The first-order valence-electron chi connectivity index (χ1n) is 8.93. The second-order valence-corrected chi connectivity index (χ2v) is 7.73. The molecule has 4 heterocycles. The molecule has 3 aromatic heterocycles. The zero-order valence-corrected chi connectivity index (χ0v) is 16.4. The van der Waals surface area contributed by atoms with Crippen LogP contribution in [0.15, 0.2) is 48.0 Å². The number of fused-ring (bicyclic) bond motifs is 1. The molecule has 3 aromatic rings. The van der Waals surface area contributed by atoms with Crippen molar-refractivity contribution in [2.75, 3.05) is 18.5 Å². The molecule has 0 saturated heterocycles. The summed E-state index contributed by atoms with van der Waals surface area (Å²) in [6, 6.07) is 8.08. The Hall–Kier alpha value is -2.80. The number of pyridine rings is 2. The number of nitrogens with zero attached hydrogens (tertiary/aromatic N) is 5. The van der Waals surface area contributed by atoms with Crippen LogP contribution in [0.4, 0.5) is 5.69 Å². The highest BCUT2D eigenvalue weighted by molar-refractivity contribution is 7.18.